The highest BCUT2D eigenvalue weighted by Gasteiger charge is 2.18. The lowest BCUT2D eigenvalue weighted by atomic mass is 10.0. The van der Waals surface area contributed by atoms with Crippen LogP contribution in [0.15, 0.2) is 36.7 Å². The fourth-order valence-electron chi connectivity index (χ4n) is 3.76. The van der Waals surface area contributed by atoms with Crippen LogP contribution in [0.2, 0.25) is 0 Å². The second kappa shape index (κ2) is 8.31. The SMILES string of the molecule is CC(C)NC(=O)c1n[nH]c2ccc(-c3cncc(CN4CCC(O)CC4)c3)cc12. The van der Waals surface area contributed by atoms with Gasteiger partial charge in [-0.3, -0.25) is 19.8 Å². The molecule has 1 aliphatic rings. The average Bonchev–Trinajstić information content (AvgIpc) is 3.13. The van der Waals surface area contributed by atoms with Crippen molar-refractivity contribution >= 4 is 16.8 Å². The zero-order valence-electron chi connectivity index (χ0n) is 16.9. The fraction of sp³-hybridized carbons (Fsp3) is 0.409. The minimum Gasteiger partial charge on any atom is -0.393 e. The standard InChI is InChI=1S/C22H27N5O2/c1-14(2)24-22(29)21-19-10-16(3-4-20(19)25-26-21)17-9-15(11-23-12-17)13-27-7-5-18(28)6-8-27/h3-4,9-12,14,18,28H,5-8,13H2,1-2H3,(H,24,29)(H,25,26). The second-order valence-corrected chi connectivity index (χ2v) is 8.05. The molecule has 0 aliphatic carbocycles. The first-order valence-corrected chi connectivity index (χ1v) is 10.1. The molecule has 0 unspecified atom stereocenters. The number of aliphatic hydroxyl groups is 1. The van der Waals surface area contributed by atoms with Gasteiger partial charge >= 0.3 is 0 Å². The molecule has 152 valence electrons. The van der Waals surface area contributed by atoms with Crippen LogP contribution < -0.4 is 5.32 Å². The van der Waals surface area contributed by atoms with E-state index >= 15 is 0 Å². The number of carbonyl (C=O) groups excluding carboxylic acids is 1. The number of aliphatic hydroxyl groups excluding tert-OH is 1. The van der Waals surface area contributed by atoms with Crippen molar-refractivity contribution in [2.24, 2.45) is 0 Å². The highest BCUT2D eigenvalue weighted by Crippen LogP contribution is 2.26. The van der Waals surface area contributed by atoms with Crippen molar-refractivity contribution in [3.05, 3.63) is 47.9 Å². The molecule has 1 amide bonds. The van der Waals surface area contributed by atoms with Gasteiger partial charge in [0.15, 0.2) is 5.69 Å². The Morgan fingerprint density at radius 1 is 1.24 bits per heavy atom. The number of aromatic amines is 1. The number of nitrogens with one attached hydrogen (secondary N) is 2. The Bertz CT molecular complexity index is 1010. The molecule has 1 fully saturated rings. The number of rotatable bonds is 5. The number of nitrogens with zero attached hydrogens (tertiary/aromatic N) is 3. The van der Waals surface area contributed by atoms with E-state index in [0.29, 0.717) is 5.69 Å². The monoisotopic (exact) mass is 393 g/mol. The summed E-state index contributed by atoms with van der Waals surface area (Å²) in [5.41, 5.74) is 4.40. The third-order valence-electron chi connectivity index (χ3n) is 5.29. The van der Waals surface area contributed by atoms with E-state index in [2.05, 4.69) is 31.5 Å². The van der Waals surface area contributed by atoms with Crippen LogP contribution in [0.4, 0.5) is 0 Å². The van der Waals surface area contributed by atoms with Crippen molar-refractivity contribution in [1.82, 2.24) is 25.4 Å². The Labute approximate surface area is 170 Å². The quantitative estimate of drug-likeness (QED) is 0.620. The maximum absolute atomic E-state index is 12.4. The van der Waals surface area contributed by atoms with Gasteiger partial charge in [0.25, 0.3) is 5.91 Å². The maximum Gasteiger partial charge on any atom is 0.272 e. The molecule has 7 heteroatoms. The number of likely N-dealkylation sites (tertiary alicyclic amines) is 1. The number of amides is 1. The summed E-state index contributed by atoms with van der Waals surface area (Å²) >= 11 is 0. The Morgan fingerprint density at radius 3 is 2.79 bits per heavy atom. The van der Waals surface area contributed by atoms with Gasteiger partial charge in [-0.2, -0.15) is 5.10 Å². The highest BCUT2D eigenvalue weighted by atomic mass is 16.3. The molecule has 1 aromatic carbocycles. The molecule has 0 radical (unpaired) electrons. The maximum atomic E-state index is 12.4. The first-order chi connectivity index (χ1) is 14.0. The van der Waals surface area contributed by atoms with Crippen LogP contribution in [0.5, 0.6) is 0 Å². The lowest BCUT2D eigenvalue weighted by Gasteiger charge is -2.29. The summed E-state index contributed by atoms with van der Waals surface area (Å²) in [6, 6.07) is 8.15. The van der Waals surface area contributed by atoms with E-state index in [-0.39, 0.29) is 18.1 Å². The second-order valence-electron chi connectivity index (χ2n) is 8.05. The van der Waals surface area contributed by atoms with Gasteiger partial charge in [0.05, 0.1) is 11.6 Å². The van der Waals surface area contributed by atoms with Gasteiger partial charge in [-0.05, 0) is 56.0 Å². The number of pyridine rings is 1. The van der Waals surface area contributed by atoms with E-state index in [1.165, 1.54) is 0 Å². The normalized spacial score (nSPS) is 15.9. The topological polar surface area (TPSA) is 94.1 Å². The molecule has 4 rings (SSSR count). The molecule has 1 saturated heterocycles. The van der Waals surface area contributed by atoms with Gasteiger partial charge in [-0.25, -0.2) is 0 Å². The van der Waals surface area contributed by atoms with E-state index in [0.717, 1.165) is 60.1 Å². The summed E-state index contributed by atoms with van der Waals surface area (Å²) in [7, 11) is 0. The summed E-state index contributed by atoms with van der Waals surface area (Å²) in [5.74, 6) is -0.178. The minimum atomic E-state index is -0.178. The van der Waals surface area contributed by atoms with Crippen molar-refractivity contribution in [1.29, 1.82) is 0 Å². The lowest BCUT2D eigenvalue weighted by molar-refractivity contribution is 0.0792. The molecule has 2 aromatic heterocycles. The zero-order chi connectivity index (χ0) is 20.4. The van der Waals surface area contributed by atoms with Crippen LogP contribution in [0.3, 0.4) is 0 Å². The van der Waals surface area contributed by atoms with Gasteiger partial charge in [-0.1, -0.05) is 6.07 Å². The van der Waals surface area contributed by atoms with E-state index in [1.54, 1.807) is 0 Å². The summed E-state index contributed by atoms with van der Waals surface area (Å²) in [6.45, 7) is 6.49. The summed E-state index contributed by atoms with van der Waals surface area (Å²) < 4.78 is 0. The van der Waals surface area contributed by atoms with Crippen LogP contribution >= 0.6 is 0 Å². The Morgan fingerprint density at radius 2 is 2.03 bits per heavy atom. The largest absolute Gasteiger partial charge is 0.393 e. The molecule has 0 atom stereocenters. The Balaban J connectivity index is 1.58. The minimum absolute atomic E-state index is 0.0502. The first kappa shape index (κ1) is 19.5. The van der Waals surface area contributed by atoms with Crippen molar-refractivity contribution in [3.8, 4) is 11.1 Å². The third-order valence-corrected chi connectivity index (χ3v) is 5.29. The van der Waals surface area contributed by atoms with Gasteiger partial charge in [0.2, 0.25) is 0 Å². The Hall–Kier alpha value is -2.77. The molecular weight excluding hydrogens is 366 g/mol. The predicted molar refractivity (Wildman–Crippen MR) is 112 cm³/mol. The van der Waals surface area contributed by atoms with Crippen molar-refractivity contribution < 1.29 is 9.90 Å². The average molecular weight is 393 g/mol. The van der Waals surface area contributed by atoms with Crippen LogP contribution in [0.1, 0.15) is 42.7 Å². The van der Waals surface area contributed by atoms with Gasteiger partial charge < -0.3 is 10.4 Å². The van der Waals surface area contributed by atoms with Gasteiger partial charge in [0.1, 0.15) is 0 Å². The number of H-pyrrole nitrogens is 1. The smallest absolute Gasteiger partial charge is 0.272 e. The summed E-state index contributed by atoms with van der Waals surface area (Å²) in [5, 5.41) is 20.5. The van der Waals surface area contributed by atoms with E-state index in [4.69, 9.17) is 0 Å². The number of benzene rings is 1. The van der Waals surface area contributed by atoms with E-state index < -0.39 is 0 Å². The zero-order valence-corrected chi connectivity index (χ0v) is 16.9. The van der Waals surface area contributed by atoms with E-state index in [1.807, 2.05) is 44.4 Å². The number of fused-ring (bicyclic) bond motifs is 1. The van der Waals surface area contributed by atoms with E-state index in [9.17, 15) is 9.90 Å². The molecular formula is C22H27N5O2. The van der Waals surface area contributed by atoms with Crippen LogP contribution in [0, 0.1) is 0 Å². The number of hydrogen-bond donors (Lipinski definition) is 3. The van der Waals surface area contributed by atoms with Crippen LogP contribution in [0.25, 0.3) is 22.0 Å². The number of carbonyl (C=O) groups is 1. The van der Waals surface area contributed by atoms with Crippen LogP contribution in [-0.4, -0.2) is 56.3 Å². The molecule has 1 aliphatic heterocycles. The van der Waals surface area contributed by atoms with Gasteiger partial charge in [-0.15, -0.1) is 0 Å². The third kappa shape index (κ3) is 4.46. The van der Waals surface area contributed by atoms with Crippen molar-refractivity contribution in [2.45, 2.75) is 45.4 Å². The number of hydrogen-bond acceptors (Lipinski definition) is 5. The molecule has 0 spiro atoms. The molecule has 3 aromatic rings. The van der Waals surface area contributed by atoms with Crippen LogP contribution in [-0.2, 0) is 6.54 Å². The fourth-order valence-corrected chi connectivity index (χ4v) is 3.76. The predicted octanol–water partition coefficient (Wildman–Crippen LogP) is 2.72. The molecule has 0 bridgehead atoms. The molecule has 0 saturated carbocycles. The van der Waals surface area contributed by atoms with Crippen molar-refractivity contribution in [2.75, 3.05) is 13.1 Å². The lowest BCUT2D eigenvalue weighted by Crippen LogP contribution is -2.35. The molecule has 3 heterocycles. The number of piperidine rings is 1. The number of aromatic nitrogens is 3. The Kier molecular flexibility index (Phi) is 5.60. The molecule has 29 heavy (non-hydrogen) atoms. The first-order valence-electron chi connectivity index (χ1n) is 10.1. The molecule has 3 N–H and O–H groups in total. The molecule has 7 nitrogen and oxygen atoms in total. The van der Waals surface area contributed by atoms with Gasteiger partial charge in [0, 0.05) is 49.0 Å². The summed E-state index contributed by atoms with van der Waals surface area (Å²) in [4.78, 5) is 19.2. The highest BCUT2D eigenvalue weighted by molar-refractivity contribution is 6.05. The summed E-state index contributed by atoms with van der Waals surface area (Å²) in [6.07, 6.45) is 5.22. The van der Waals surface area contributed by atoms with Crippen molar-refractivity contribution in [3.63, 3.8) is 0 Å².